The van der Waals surface area contributed by atoms with Crippen molar-refractivity contribution < 1.29 is 4.79 Å². The molecule has 0 bridgehead atoms. The monoisotopic (exact) mass is 440 g/mol. The van der Waals surface area contributed by atoms with E-state index in [-0.39, 0.29) is 11.7 Å². The molecule has 0 radical (unpaired) electrons. The molecule has 0 N–H and O–H groups in total. The van der Waals surface area contributed by atoms with Crippen LogP contribution < -0.4 is 0 Å². The molecule has 1 amide bonds. The molecule has 136 valence electrons. The van der Waals surface area contributed by atoms with Gasteiger partial charge in [-0.1, -0.05) is 58.0 Å². The number of carbonyl (C=O) groups is 1. The van der Waals surface area contributed by atoms with E-state index in [2.05, 4.69) is 27.0 Å². The summed E-state index contributed by atoms with van der Waals surface area (Å²) in [7, 11) is 1.71. The van der Waals surface area contributed by atoms with E-state index < -0.39 is 0 Å². The molecule has 3 aromatic rings. The van der Waals surface area contributed by atoms with Gasteiger partial charge in [0, 0.05) is 29.0 Å². The molecule has 0 saturated carbocycles. The van der Waals surface area contributed by atoms with Gasteiger partial charge in [-0.15, -0.1) is 0 Å². The average Bonchev–Trinajstić information content (AvgIpc) is 2.70. The predicted octanol–water partition coefficient (Wildman–Crippen LogP) is 4.52. The summed E-state index contributed by atoms with van der Waals surface area (Å²) in [4.78, 5) is 23.3. The van der Waals surface area contributed by atoms with Crippen molar-refractivity contribution in [2.24, 2.45) is 0 Å². The van der Waals surface area contributed by atoms with Crippen LogP contribution in [0.1, 0.15) is 6.42 Å². The second-order valence-electron chi connectivity index (χ2n) is 5.89. The van der Waals surface area contributed by atoms with Gasteiger partial charge in [0.05, 0.1) is 23.8 Å². The number of hydrogen-bond acceptors (Lipinski definition) is 5. The third-order valence-corrected chi connectivity index (χ3v) is 5.49. The molecular weight excluding hydrogens is 424 g/mol. The number of rotatable bonds is 6. The zero-order valence-electron chi connectivity index (χ0n) is 14.7. The summed E-state index contributed by atoms with van der Waals surface area (Å²) in [5.74, 6) is 0.875. The van der Waals surface area contributed by atoms with E-state index in [0.29, 0.717) is 18.8 Å². The minimum absolute atomic E-state index is 0.0249. The zero-order chi connectivity index (χ0) is 19.2. The lowest BCUT2D eigenvalue weighted by molar-refractivity contribution is -0.127. The maximum atomic E-state index is 12.3. The first-order valence-electron chi connectivity index (χ1n) is 8.35. The summed E-state index contributed by atoms with van der Waals surface area (Å²) in [6.45, 7) is 0.435. The fourth-order valence-electron chi connectivity index (χ4n) is 2.47. The van der Waals surface area contributed by atoms with Gasteiger partial charge in [0.1, 0.15) is 5.03 Å². The molecule has 0 aliphatic heterocycles. The van der Waals surface area contributed by atoms with E-state index in [4.69, 9.17) is 10.2 Å². The summed E-state index contributed by atoms with van der Waals surface area (Å²) < 4.78 is 0.993. The second-order valence-corrected chi connectivity index (χ2v) is 7.77. The van der Waals surface area contributed by atoms with Crippen LogP contribution in [-0.2, 0) is 4.79 Å². The normalized spacial score (nSPS) is 10.6. The number of thioether (sulfide) groups is 1. The minimum atomic E-state index is -0.0249. The first-order chi connectivity index (χ1) is 13.1. The number of hydrogen-bond donors (Lipinski definition) is 0. The second kappa shape index (κ2) is 8.98. The van der Waals surface area contributed by atoms with E-state index >= 15 is 0 Å². The highest BCUT2D eigenvalue weighted by Gasteiger charge is 2.14. The van der Waals surface area contributed by atoms with Crippen LogP contribution in [0.15, 0.2) is 58.0 Å². The molecule has 1 aromatic heterocycles. The molecule has 0 unspecified atom stereocenters. The molecule has 27 heavy (non-hydrogen) atoms. The number of para-hydroxylation sites is 1. The third kappa shape index (κ3) is 4.85. The van der Waals surface area contributed by atoms with Crippen molar-refractivity contribution in [1.82, 2.24) is 14.9 Å². The Labute approximate surface area is 170 Å². The van der Waals surface area contributed by atoms with Gasteiger partial charge in [0.2, 0.25) is 5.91 Å². The molecule has 0 aliphatic carbocycles. The highest BCUT2D eigenvalue weighted by atomic mass is 79.9. The predicted molar refractivity (Wildman–Crippen MR) is 111 cm³/mol. The smallest absolute Gasteiger partial charge is 0.232 e. The first-order valence-corrected chi connectivity index (χ1v) is 10.1. The van der Waals surface area contributed by atoms with Gasteiger partial charge < -0.3 is 4.90 Å². The minimum Gasteiger partial charge on any atom is -0.344 e. The fraction of sp³-hybridized carbons (Fsp3) is 0.200. The van der Waals surface area contributed by atoms with E-state index in [1.807, 2.05) is 48.5 Å². The summed E-state index contributed by atoms with van der Waals surface area (Å²) in [5, 5.41) is 10.4. The standard InChI is InChI=1S/C20H17BrN4OS/c1-25(12-4-11-22)18(26)13-27-20-16-5-2-3-6-17(16)23-19(24-20)14-7-9-15(21)10-8-14/h2-3,5-10H,4,12-13H2,1H3. The molecule has 0 saturated heterocycles. The topological polar surface area (TPSA) is 69.9 Å². The lowest BCUT2D eigenvalue weighted by Crippen LogP contribution is -2.29. The van der Waals surface area contributed by atoms with Crippen LogP contribution >= 0.6 is 27.7 Å². The molecule has 5 nitrogen and oxygen atoms in total. The highest BCUT2D eigenvalue weighted by Crippen LogP contribution is 2.29. The Kier molecular flexibility index (Phi) is 6.43. The van der Waals surface area contributed by atoms with Crippen molar-refractivity contribution in [1.29, 1.82) is 5.26 Å². The number of aromatic nitrogens is 2. The van der Waals surface area contributed by atoms with Crippen LogP contribution in [0.3, 0.4) is 0 Å². The third-order valence-electron chi connectivity index (χ3n) is 3.99. The Morgan fingerprint density at radius 2 is 1.93 bits per heavy atom. The van der Waals surface area contributed by atoms with E-state index in [1.54, 1.807) is 11.9 Å². The zero-order valence-corrected chi connectivity index (χ0v) is 17.1. The summed E-state index contributed by atoms with van der Waals surface area (Å²) in [6.07, 6.45) is 0.330. The van der Waals surface area contributed by atoms with Crippen molar-refractivity contribution in [3.05, 3.63) is 53.0 Å². The Hall–Kier alpha value is -2.43. The van der Waals surface area contributed by atoms with Crippen molar-refractivity contribution in [3.63, 3.8) is 0 Å². The Morgan fingerprint density at radius 3 is 2.67 bits per heavy atom. The Bertz CT molecular complexity index is 1000. The average molecular weight is 441 g/mol. The van der Waals surface area contributed by atoms with Gasteiger partial charge in [0.15, 0.2) is 5.82 Å². The first kappa shape index (κ1) is 19.3. The molecule has 2 aromatic carbocycles. The van der Waals surface area contributed by atoms with E-state index in [1.165, 1.54) is 11.8 Å². The van der Waals surface area contributed by atoms with Gasteiger partial charge in [-0.3, -0.25) is 4.79 Å². The van der Waals surface area contributed by atoms with Crippen LogP contribution in [-0.4, -0.2) is 40.1 Å². The maximum absolute atomic E-state index is 12.3. The van der Waals surface area contributed by atoms with Crippen LogP contribution in [0.25, 0.3) is 22.3 Å². The lowest BCUT2D eigenvalue weighted by Gasteiger charge is -2.15. The van der Waals surface area contributed by atoms with E-state index in [9.17, 15) is 4.79 Å². The summed E-state index contributed by atoms with van der Waals surface area (Å²) in [5.41, 5.74) is 1.77. The van der Waals surface area contributed by atoms with Crippen molar-refractivity contribution in [2.45, 2.75) is 11.4 Å². The summed E-state index contributed by atoms with van der Waals surface area (Å²) >= 11 is 4.83. The Balaban J connectivity index is 1.88. The lowest BCUT2D eigenvalue weighted by atomic mass is 10.2. The number of nitriles is 1. The SMILES string of the molecule is CN(CCC#N)C(=O)CSc1nc(-c2ccc(Br)cc2)nc2ccccc12. The van der Waals surface area contributed by atoms with Gasteiger partial charge in [-0.2, -0.15) is 5.26 Å². The van der Waals surface area contributed by atoms with E-state index in [0.717, 1.165) is 26.0 Å². The molecule has 0 atom stereocenters. The van der Waals surface area contributed by atoms with Crippen LogP contribution in [0.5, 0.6) is 0 Å². The highest BCUT2D eigenvalue weighted by molar-refractivity contribution is 9.10. The van der Waals surface area contributed by atoms with Gasteiger partial charge in [0.25, 0.3) is 0 Å². The van der Waals surface area contributed by atoms with Gasteiger partial charge in [-0.05, 0) is 18.2 Å². The van der Waals surface area contributed by atoms with Gasteiger partial charge >= 0.3 is 0 Å². The van der Waals surface area contributed by atoms with Crippen LogP contribution in [0, 0.1) is 11.3 Å². The number of fused-ring (bicyclic) bond motifs is 1. The Morgan fingerprint density at radius 1 is 1.19 bits per heavy atom. The molecule has 3 rings (SSSR count). The van der Waals surface area contributed by atoms with Crippen LogP contribution in [0.4, 0.5) is 0 Å². The fourth-order valence-corrected chi connectivity index (χ4v) is 3.69. The molecule has 1 heterocycles. The number of carbonyl (C=O) groups excluding carboxylic acids is 1. The molecule has 0 fully saturated rings. The number of halogens is 1. The molecular formula is C20H17BrN4OS. The van der Waals surface area contributed by atoms with Crippen LogP contribution in [0.2, 0.25) is 0 Å². The quantitative estimate of drug-likeness (QED) is 0.416. The number of nitrogens with zero attached hydrogens (tertiary/aromatic N) is 4. The maximum Gasteiger partial charge on any atom is 0.232 e. The molecule has 7 heteroatoms. The largest absolute Gasteiger partial charge is 0.344 e. The summed E-state index contributed by atoms with van der Waals surface area (Å²) in [6, 6.07) is 17.7. The molecule has 0 aliphatic rings. The number of benzene rings is 2. The number of amides is 1. The van der Waals surface area contributed by atoms with Crippen molar-refractivity contribution in [2.75, 3.05) is 19.3 Å². The van der Waals surface area contributed by atoms with Crippen molar-refractivity contribution >= 4 is 44.5 Å². The van der Waals surface area contributed by atoms with Crippen molar-refractivity contribution in [3.8, 4) is 17.5 Å². The van der Waals surface area contributed by atoms with Gasteiger partial charge in [-0.25, -0.2) is 9.97 Å². The molecule has 0 spiro atoms.